The molecule has 0 spiro atoms. The molecule has 0 unspecified atom stereocenters. The van der Waals surface area contributed by atoms with Crippen LogP contribution in [0, 0.1) is 4.91 Å². The van der Waals surface area contributed by atoms with Crippen LogP contribution in [0.5, 0.6) is 0 Å². The van der Waals surface area contributed by atoms with E-state index in [-0.39, 0.29) is 5.56 Å². The van der Waals surface area contributed by atoms with Crippen LogP contribution in [-0.4, -0.2) is 11.1 Å². The minimum Gasteiger partial charge on any atom is -0.478 e. The zero-order valence-corrected chi connectivity index (χ0v) is 8.83. The Kier molecular flexibility index (Phi) is 2.96. The second-order valence-corrected chi connectivity index (χ2v) is 3.52. The van der Waals surface area contributed by atoms with Gasteiger partial charge in [0.25, 0.3) is 0 Å². The van der Waals surface area contributed by atoms with Gasteiger partial charge in [0.05, 0.1) is 5.56 Å². The van der Waals surface area contributed by atoms with Gasteiger partial charge in [0.1, 0.15) is 5.69 Å². The molecule has 0 amide bonds. The molecular weight excluding hydrogens is 218 g/mol. The Balaban J connectivity index is 2.32. The Morgan fingerprint density at radius 1 is 0.882 bits per heavy atom. The van der Waals surface area contributed by atoms with Crippen molar-refractivity contribution in [1.82, 2.24) is 0 Å². The van der Waals surface area contributed by atoms with Crippen molar-refractivity contribution in [3.8, 4) is 11.1 Å². The Hall–Kier alpha value is -2.49. The summed E-state index contributed by atoms with van der Waals surface area (Å²) >= 11 is 0. The van der Waals surface area contributed by atoms with E-state index in [1.54, 1.807) is 48.5 Å². The molecule has 0 fully saturated rings. The van der Waals surface area contributed by atoms with Crippen LogP contribution in [0.15, 0.2) is 53.7 Å². The second-order valence-electron chi connectivity index (χ2n) is 3.52. The lowest BCUT2D eigenvalue weighted by Crippen LogP contribution is -1.94. The van der Waals surface area contributed by atoms with E-state index < -0.39 is 5.97 Å². The maximum atomic E-state index is 10.7. The molecule has 4 nitrogen and oxygen atoms in total. The van der Waals surface area contributed by atoms with E-state index in [1.165, 1.54) is 0 Å². The molecule has 0 atom stereocenters. The summed E-state index contributed by atoms with van der Waals surface area (Å²) in [6.45, 7) is 0. The summed E-state index contributed by atoms with van der Waals surface area (Å²) in [5.74, 6) is -0.947. The number of carbonyl (C=O) groups is 1. The molecule has 2 aromatic rings. The monoisotopic (exact) mass is 227 g/mol. The first-order valence-corrected chi connectivity index (χ1v) is 4.98. The molecule has 0 aliphatic carbocycles. The fourth-order valence-corrected chi connectivity index (χ4v) is 1.52. The number of nitroso groups, excluding NO2 is 1. The molecule has 4 heteroatoms. The van der Waals surface area contributed by atoms with E-state index in [4.69, 9.17) is 5.11 Å². The molecule has 0 saturated carbocycles. The van der Waals surface area contributed by atoms with Gasteiger partial charge < -0.3 is 5.11 Å². The fourth-order valence-electron chi connectivity index (χ4n) is 1.52. The van der Waals surface area contributed by atoms with Crippen LogP contribution in [0.3, 0.4) is 0 Å². The molecule has 84 valence electrons. The van der Waals surface area contributed by atoms with Crippen molar-refractivity contribution in [1.29, 1.82) is 0 Å². The molecule has 0 aliphatic rings. The van der Waals surface area contributed by atoms with Gasteiger partial charge in [0, 0.05) is 0 Å². The minimum absolute atomic E-state index is 0.250. The van der Waals surface area contributed by atoms with Crippen molar-refractivity contribution in [2.45, 2.75) is 0 Å². The van der Waals surface area contributed by atoms with Crippen LogP contribution >= 0.6 is 0 Å². The fraction of sp³-hybridized carbons (Fsp3) is 0. The van der Waals surface area contributed by atoms with E-state index in [9.17, 15) is 9.70 Å². The summed E-state index contributed by atoms with van der Waals surface area (Å²) in [7, 11) is 0. The first-order valence-electron chi connectivity index (χ1n) is 4.98. The lowest BCUT2D eigenvalue weighted by atomic mass is 10.0. The van der Waals surface area contributed by atoms with Crippen LogP contribution in [0.2, 0.25) is 0 Å². The molecular formula is C13H9NO3. The second kappa shape index (κ2) is 4.57. The average Bonchev–Trinajstić information content (AvgIpc) is 2.39. The summed E-state index contributed by atoms with van der Waals surface area (Å²) in [6, 6.07) is 13.3. The highest BCUT2D eigenvalue weighted by Crippen LogP contribution is 2.22. The molecule has 0 aliphatic heterocycles. The highest BCUT2D eigenvalue weighted by Gasteiger charge is 2.03. The predicted octanol–water partition coefficient (Wildman–Crippen LogP) is 3.45. The zero-order chi connectivity index (χ0) is 12.3. The van der Waals surface area contributed by atoms with E-state index in [0.29, 0.717) is 5.69 Å². The van der Waals surface area contributed by atoms with Gasteiger partial charge in [0.2, 0.25) is 0 Å². The van der Waals surface area contributed by atoms with E-state index in [2.05, 4.69) is 5.18 Å². The third kappa shape index (κ3) is 2.36. The lowest BCUT2D eigenvalue weighted by molar-refractivity contribution is 0.0697. The zero-order valence-electron chi connectivity index (χ0n) is 8.83. The molecule has 17 heavy (non-hydrogen) atoms. The first-order chi connectivity index (χ1) is 8.20. The number of carboxylic acid groups (broad SMARTS) is 1. The minimum atomic E-state index is -0.947. The van der Waals surface area contributed by atoms with Gasteiger partial charge in [0.15, 0.2) is 0 Å². The van der Waals surface area contributed by atoms with Gasteiger partial charge >= 0.3 is 5.97 Å². The van der Waals surface area contributed by atoms with E-state index in [1.807, 2.05) is 0 Å². The molecule has 2 aromatic carbocycles. The van der Waals surface area contributed by atoms with Crippen LogP contribution in [0.1, 0.15) is 10.4 Å². The largest absolute Gasteiger partial charge is 0.478 e. The van der Waals surface area contributed by atoms with Gasteiger partial charge in [-0.2, -0.15) is 0 Å². The molecule has 0 radical (unpaired) electrons. The van der Waals surface area contributed by atoms with Gasteiger partial charge in [-0.3, -0.25) is 0 Å². The molecule has 0 heterocycles. The van der Waals surface area contributed by atoms with Crippen molar-refractivity contribution in [3.63, 3.8) is 0 Å². The van der Waals surface area contributed by atoms with Crippen LogP contribution < -0.4 is 0 Å². The Morgan fingerprint density at radius 3 is 1.76 bits per heavy atom. The number of benzene rings is 2. The summed E-state index contributed by atoms with van der Waals surface area (Å²) in [5.41, 5.74) is 2.43. The number of carboxylic acids is 1. The highest BCUT2D eigenvalue weighted by atomic mass is 16.4. The standard InChI is InChI=1S/C13H9NO3/c15-13(16)11-3-1-9(2-4-11)10-5-7-12(14-17)8-6-10/h1-8H,(H,15,16). The van der Waals surface area contributed by atoms with Gasteiger partial charge in [-0.1, -0.05) is 24.3 Å². The maximum Gasteiger partial charge on any atom is 0.335 e. The maximum absolute atomic E-state index is 10.7. The average molecular weight is 227 g/mol. The van der Waals surface area contributed by atoms with Crippen molar-refractivity contribution < 1.29 is 9.90 Å². The topological polar surface area (TPSA) is 66.7 Å². The van der Waals surface area contributed by atoms with Crippen molar-refractivity contribution in [3.05, 3.63) is 59.0 Å². The number of nitrogens with zero attached hydrogens (tertiary/aromatic N) is 1. The van der Waals surface area contributed by atoms with Crippen molar-refractivity contribution >= 4 is 11.7 Å². The molecule has 0 aromatic heterocycles. The van der Waals surface area contributed by atoms with Gasteiger partial charge in [-0.05, 0) is 40.6 Å². The highest BCUT2D eigenvalue weighted by molar-refractivity contribution is 5.88. The third-order valence-electron chi connectivity index (χ3n) is 2.44. The molecule has 0 bridgehead atoms. The van der Waals surface area contributed by atoms with Crippen LogP contribution in [0.25, 0.3) is 11.1 Å². The summed E-state index contributed by atoms with van der Waals surface area (Å²) in [6.07, 6.45) is 0. The number of aromatic carboxylic acids is 1. The van der Waals surface area contributed by atoms with Crippen LogP contribution in [-0.2, 0) is 0 Å². The Bertz CT molecular complexity index is 544. The number of rotatable bonds is 3. The summed E-state index contributed by atoms with van der Waals surface area (Å²) < 4.78 is 0. The molecule has 2 rings (SSSR count). The Labute approximate surface area is 97.5 Å². The van der Waals surface area contributed by atoms with Crippen molar-refractivity contribution in [2.24, 2.45) is 5.18 Å². The summed E-state index contributed by atoms with van der Waals surface area (Å²) in [5, 5.41) is 11.6. The normalized spacial score (nSPS) is 9.88. The molecule has 0 saturated heterocycles. The number of hydrogen-bond acceptors (Lipinski definition) is 3. The quantitative estimate of drug-likeness (QED) is 0.816. The van der Waals surface area contributed by atoms with E-state index in [0.717, 1.165) is 11.1 Å². The van der Waals surface area contributed by atoms with Crippen molar-refractivity contribution in [2.75, 3.05) is 0 Å². The lowest BCUT2D eigenvalue weighted by Gasteiger charge is -2.02. The van der Waals surface area contributed by atoms with Gasteiger partial charge in [-0.25, -0.2) is 4.79 Å². The molecule has 1 N–H and O–H groups in total. The smallest absolute Gasteiger partial charge is 0.335 e. The van der Waals surface area contributed by atoms with E-state index >= 15 is 0 Å². The third-order valence-corrected chi connectivity index (χ3v) is 2.44. The first kappa shape index (κ1) is 11.0. The number of hydrogen-bond donors (Lipinski definition) is 1. The van der Waals surface area contributed by atoms with Crippen LogP contribution in [0.4, 0.5) is 5.69 Å². The van der Waals surface area contributed by atoms with Gasteiger partial charge in [-0.15, -0.1) is 4.91 Å². The predicted molar refractivity (Wildman–Crippen MR) is 64.3 cm³/mol. The summed E-state index contributed by atoms with van der Waals surface area (Å²) in [4.78, 5) is 20.9. The SMILES string of the molecule is O=Nc1ccc(-c2ccc(C(=O)O)cc2)cc1. The Morgan fingerprint density at radius 2 is 1.35 bits per heavy atom.